The highest BCUT2D eigenvalue weighted by molar-refractivity contribution is 5.60. The second kappa shape index (κ2) is 5.60. The van der Waals surface area contributed by atoms with Crippen molar-refractivity contribution in [1.82, 2.24) is 10.2 Å². The molecular formula is C14H17N3O. The van der Waals surface area contributed by atoms with Crippen LogP contribution in [0.15, 0.2) is 36.4 Å². The third kappa shape index (κ3) is 2.84. The third-order valence-corrected chi connectivity index (χ3v) is 2.82. The number of benzene rings is 1. The van der Waals surface area contributed by atoms with Crippen LogP contribution >= 0.6 is 0 Å². The normalized spacial score (nSPS) is 10.4. The molecule has 0 aliphatic rings. The molecule has 0 aliphatic heterocycles. The van der Waals surface area contributed by atoms with E-state index in [4.69, 9.17) is 5.11 Å². The van der Waals surface area contributed by atoms with Crippen molar-refractivity contribution in [1.29, 1.82) is 0 Å². The molecule has 1 aromatic heterocycles. The Morgan fingerprint density at radius 1 is 1.06 bits per heavy atom. The van der Waals surface area contributed by atoms with Crippen LogP contribution in [0.5, 0.6) is 0 Å². The molecule has 4 heteroatoms. The topological polar surface area (TPSA) is 49.2 Å². The molecule has 1 aromatic carbocycles. The fourth-order valence-electron chi connectivity index (χ4n) is 1.67. The standard InChI is InChI=1S/C14H17N3O/c1-11-3-5-12(6-4-11)13-7-8-14(16-15-13)17(2)9-10-18/h3-8,18H,9-10H2,1-2H3. The van der Waals surface area contributed by atoms with Crippen molar-refractivity contribution in [3.63, 3.8) is 0 Å². The summed E-state index contributed by atoms with van der Waals surface area (Å²) in [5, 5.41) is 17.2. The average Bonchev–Trinajstić information content (AvgIpc) is 2.40. The Morgan fingerprint density at radius 2 is 1.78 bits per heavy atom. The summed E-state index contributed by atoms with van der Waals surface area (Å²) in [5.74, 6) is 0.764. The first-order chi connectivity index (χ1) is 8.70. The smallest absolute Gasteiger partial charge is 0.151 e. The first-order valence-corrected chi connectivity index (χ1v) is 5.93. The summed E-state index contributed by atoms with van der Waals surface area (Å²) in [6.07, 6.45) is 0. The van der Waals surface area contributed by atoms with E-state index in [1.807, 2.05) is 36.2 Å². The molecule has 0 aliphatic carbocycles. The molecule has 2 rings (SSSR count). The van der Waals surface area contributed by atoms with Crippen LogP contribution in [0.2, 0.25) is 0 Å². The molecule has 0 atom stereocenters. The molecule has 0 saturated carbocycles. The van der Waals surface area contributed by atoms with Crippen molar-refractivity contribution in [3.8, 4) is 11.3 Å². The number of hydrogen-bond donors (Lipinski definition) is 1. The molecular weight excluding hydrogens is 226 g/mol. The van der Waals surface area contributed by atoms with Gasteiger partial charge in [0.2, 0.25) is 0 Å². The zero-order chi connectivity index (χ0) is 13.0. The van der Waals surface area contributed by atoms with Crippen LogP contribution in [0.3, 0.4) is 0 Å². The summed E-state index contributed by atoms with van der Waals surface area (Å²) in [5.41, 5.74) is 3.15. The minimum Gasteiger partial charge on any atom is -0.395 e. The predicted molar refractivity (Wildman–Crippen MR) is 72.6 cm³/mol. The molecule has 94 valence electrons. The van der Waals surface area contributed by atoms with Crippen LogP contribution in [0.25, 0.3) is 11.3 Å². The van der Waals surface area contributed by atoms with Gasteiger partial charge in [0.25, 0.3) is 0 Å². The van der Waals surface area contributed by atoms with Gasteiger partial charge in [-0.2, -0.15) is 0 Å². The Hall–Kier alpha value is -1.94. The zero-order valence-corrected chi connectivity index (χ0v) is 10.7. The molecule has 2 aromatic rings. The lowest BCUT2D eigenvalue weighted by atomic mass is 10.1. The first-order valence-electron chi connectivity index (χ1n) is 5.93. The summed E-state index contributed by atoms with van der Waals surface area (Å²) in [7, 11) is 1.88. The van der Waals surface area contributed by atoms with Crippen molar-refractivity contribution in [2.24, 2.45) is 0 Å². The van der Waals surface area contributed by atoms with Gasteiger partial charge in [0.1, 0.15) is 0 Å². The molecule has 0 fully saturated rings. The molecule has 1 heterocycles. The number of likely N-dealkylation sites (N-methyl/N-ethyl adjacent to an activating group) is 1. The van der Waals surface area contributed by atoms with E-state index in [2.05, 4.69) is 29.3 Å². The van der Waals surface area contributed by atoms with Crippen LogP contribution in [0.1, 0.15) is 5.56 Å². The minimum absolute atomic E-state index is 0.109. The Labute approximate surface area is 107 Å². The molecule has 0 unspecified atom stereocenters. The van der Waals surface area contributed by atoms with Gasteiger partial charge in [-0.15, -0.1) is 10.2 Å². The van der Waals surface area contributed by atoms with Gasteiger partial charge in [-0.1, -0.05) is 29.8 Å². The summed E-state index contributed by atoms with van der Waals surface area (Å²) >= 11 is 0. The van der Waals surface area contributed by atoms with E-state index >= 15 is 0 Å². The van der Waals surface area contributed by atoms with Gasteiger partial charge < -0.3 is 10.0 Å². The SMILES string of the molecule is Cc1ccc(-c2ccc(N(C)CCO)nn2)cc1. The van der Waals surface area contributed by atoms with Gasteiger partial charge in [0, 0.05) is 19.2 Å². The Bertz CT molecular complexity index is 493. The van der Waals surface area contributed by atoms with Gasteiger partial charge in [0.15, 0.2) is 5.82 Å². The van der Waals surface area contributed by atoms with E-state index in [9.17, 15) is 0 Å². The number of aliphatic hydroxyl groups is 1. The predicted octanol–water partition coefficient (Wildman–Crippen LogP) is 1.88. The molecule has 18 heavy (non-hydrogen) atoms. The molecule has 0 saturated heterocycles. The fraction of sp³-hybridized carbons (Fsp3) is 0.286. The van der Waals surface area contributed by atoms with Gasteiger partial charge in [-0.25, -0.2) is 0 Å². The zero-order valence-electron chi connectivity index (χ0n) is 10.7. The van der Waals surface area contributed by atoms with E-state index in [1.165, 1.54) is 5.56 Å². The summed E-state index contributed by atoms with van der Waals surface area (Å²) in [6, 6.07) is 12.1. The number of hydrogen-bond acceptors (Lipinski definition) is 4. The molecule has 0 spiro atoms. The monoisotopic (exact) mass is 243 g/mol. The maximum absolute atomic E-state index is 8.87. The quantitative estimate of drug-likeness (QED) is 0.890. The van der Waals surface area contributed by atoms with Crippen LogP contribution < -0.4 is 4.90 Å². The highest BCUT2D eigenvalue weighted by atomic mass is 16.3. The van der Waals surface area contributed by atoms with Crippen molar-refractivity contribution in [2.75, 3.05) is 25.1 Å². The van der Waals surface area contributed by atoms with Crippen LogP contribution in [0.4, 0.5) is 5.82 Å². The third-order valence-electron chi connectivity index (χ3n) is 2.82. The second-order valence-electron chi connectivity index (χ2n) is 4.29. The summed E-state index contributed by atoms with van der Waals surface area (Å²) in [4.78, 5) is 1.87. The fourth-order valence-corrected chi connectivity index (χ4v) is 1.67. The Balaban J connectivity index is 2.19. The van der Waals surface area contributed by atoms with E-state index in [-0.39, 0.29) is 6.61 Å². The minimum atomic E-state index is 0.109. The number of aromatic nitrogens is 2. The maximum atomic E-state index is 8.87. The number of anilines is 1. The van der Waals surface area contributed by atoms with E-state index in [0.717, 1.165) is 17.1 Å². The Kier molecular flexibility index (Phi) is 3.89. The maximum Gasteiger partial charge on any atom is 0.151 e. The van der Waals surface area contributed by atoms with Gasteiger partial charge in [0.05, 0.1) is 12.3 Å². The van der Waals surface area contributed by atoms with Crippen molar-refractivity contribution < 1.29 is 5.11 Å². The first kappa shape index (κ1) is 12.5. The van der Waals surface area contributed by atoms with Crippen molar-refractivity contribution >= 4 is 5.82 Å². The highest BCUT2D eigenvalue weighted by Crippen LogP contribution is 2.18. The molecule has 4 nitrogen and oxygen atoms in total. The van der Waals surface area contributed by atoms with Crippen LogP contribution in [-0.4, -0.2) is 35.5 Å². The largest absolute Gasteiger partial charge is 0.395 e. The van der Waals surface area contributed by atoms with Gasteiger partial charge >= 0.3 is 0 Å². The summed E-state index contributed by atoms with van der Waals surface area (Å²) in [6.45, 7) is 2.72. The molecule has 0 radical (unpaired) electrons. The number of rotatable bonds is 4. The van der Waals surface area contributed by atoms with Gasteiger partial charge in [-0.05, 0) is 19.1 Å². The second-order valence-corrected chi connectivity index (χ2v) is 4.29. The number of aryl methyl sites for hydroxylation is 1. The lowest BCUT2D eigenvalue weighted by Crippen LogP contribution is -2.22. The number of aliphatic hydroxyl groups excluding tert-OH is 1. The highest BCUT2D eigenvalue weighted by Gasteiger charge is 2.04. The van der Waals surface area contributed by atoms with E-state index in [1.54, 1.807) is 0 Å². The lowest BCUT2D eigenvalue weighted by Gasteiger charge is -2.15. The molecule has 1 N–H and O–H groups in total. The molecule has 0 amide bonds. The van der Waals surface area contributed by atoms with Crippen molar-refractivity contribution in [3.05, 3.63) is 42.0 Å². The summed E-state index contributed by atoms with van der Waals surface area (Å²) < 4.78 is 0. The molecule has 0 bridgehead atoms. The number of nitrogens with zero attached hydrogens (tertiary/aromatic N) is 3. The van der Waals surface area contributed by atoms with Crippen molar-refractivity contribution in [2.45, 2.75) is 6.92 Å². The van der Waals surface area contributed by atoms with Crippen LogP contribution in [-0.2, 0) is 0 Å². The average molecular weight is 243 g/mol. The van der Waals surface area contributed by atoms with E-state index in [0.29, 0.717) is 6.54 Å². The lowest BCUT2D eigenvalue weighted by molar-refractivity contribution is 0.303. The Morgan fingerprint density at radius 3 is 2.33 bits per heavy atom. The van der Waals surface area contributed by atoms with E-state index < -0.39 is 0 Å². The van der Waals surface area contributed by atoms with Crippen LogP contribution in [0, 0.1) is 6.92 Å². The van der Waals surface area contributed by atoms with Gasteiger partial charge in [-0.3, -0.25) is 0 Å².